The molecule has 0 heterocycles. The average Bonchev–Trinajstić information content (AvgIpc) is 2.79. The van der Waals surface area contributed by atoms with Gasteiger partial charge in [0.1, 0.15) is 17.5 Å². The smallest absolute Gasteiger partial charge is 0.243 e. The summed E-state index contributed by atoms with van der Waals surface area (Å²) in [5.74, 6) is 0.295. The highest BCUT2D eigenvalue weighted by molar-refractivity contribution is 7.89. The molecule has 0 saturated heterocycles. The van der Waals surface area contributed by atoms with Gasteiger partial charge in [0.2, 0.25) is 15.9 Å². The lowest BCUT2D eigenvalue weighted by Gasteiger charge is -2.20. The maximum atomic E-state index is 13.2. The minimum absolute atomic E-state index is 0.0766. The highest BCUT2D eigenvalue weighted by atomic mass is 35.5. The van der Waals surface area contributed by atoms with Crippen LogP contribution in [0.15, 0.2) is 71.6 Å². The Labute approximate surface area is 198 Å². The zero-order chi connectivity index (χ0) is 24.0. The maximum Gasteiger partial charge on any atom is 0.243 e. The molecule has 0 aliphatic carbocycles. The van der Waals surface area contributed by atoms with Crippen molar-refractivity contribution in [3.05, 3.63) is 82.9 Å². The van der Waals surface area contributed by atoms with Crippen LogP contribution < -0.4 is 19.5 Å². The van der Waals surface area contributed by atoms with Crippen molar-refractivity contribution in [2.75, 3.05) is 19.5 Å². The van der Waals surface area contributed by atoms with Gasteiger partial charge in [-0.05, 0) is 54.8 Å². The number of anilines is 1. The van der Waals surface area contributed by atoms with E-state index < -0.39 is 22.0 Å². The number of ether oxygens (including phenoxy) is 2. The Hall–Kier alpha value is -3.07. The summed E-state index contributed by atoms with van der Waals surface area (Å²) in [4.78, 5) is 13.2. The van der Waals surface area contributed by atoms with E-state index in [4.69, 9.17) is 21.1 Å². The monoisotopic (exact) mass is 488 g/mol. The van der Waals surface area contributed by atoms with E-state index in [0.29, 0.717) is 17.2 Å². The summed E-state index contributed by atoms with van der Waals surface area (Å²) >= 11 is 6.11. The summed E-state index contributed by atoms with van der Waals surface area (Å²) in [7, 11) is -1.13. The lowest BCUT2D eigenvalue weighted by molar-refractivity contribution is -0.117. The van der Waals surface area contributed by atoms with Gasteiger partial charge in [-0.3, -0.25) is 4.79 Å². The van der Waals surface area contributed by atoms with Crippen molar-refractivity contribution < 1.29 is 22.7 Å². The fourth-order valence-electron chi connectivity index (χ4n) is 3.25. The molecule has 0 bridgehead atoms. The van der Waals surface area contributed by atoms with E-state index in [-0.39, 0.29) is 16.3 Å². The quantitative estimate of drug-likeness (QED) is 0.471. The molecular weight excluding hydrogens is 464 g/mol. The third-order valence-corrected chi connectivity index (χ3v) is 6.71. The zero-order valence-corrected chi connectivity index (χ0v) is 20.0. The number of nitrogens with one attached hydrogen (secondary N) is 2. The number of carbonyl (C=O) groups excluding carboxylic acids is 1. The number of hydrogen-bond donors (Lipinski definition) is 2. The normalized spacial score (nSPS) is 12.1. The van der Waals surface area contributed by atoms with E-state index in [1.807, 2.05) is 43.3 Å². The predicted molar refractivity (Wildman–Crippen MR) is 129 cm³/mol. The average molecular weight is 489 g/mol. The molecule has 0 radical (unpaired) electrons. The van der Waals surface area contributed by atoms with E-state index >= 15 is 0 Å². The number of rotatable bonds is 9. The molecule has 9 heteroatoms. The summed E-state index contributed by atoms with van der Waals surface area (Å²) in [5.41, 5.74) is 2.16. The molecule has 0 aromatic heterocycles. The first-order chi connectivity index (χ1) is 15.7. The number of hydrogen-bond acceptors (Lipinski definition) is 5. The predicted octanol–water partition coefficient (Wildman–Crippen LogP) is 4.19. The molecule has 1 atom stereocenters. The minimum atomic E-state index is -4.07. The summed E-state index contributed by atoms with van der Waals surface area (Å²) in [6.45, 7) is 1.88. The van der Waals surface area contributed by atoms with Crippen molar-refractivity contribution in [1.82, 2.24) is 4.72 Å². The van der Waals surface area contributed by atoms with Gasteiger partial charge < -0.3 is 14.8 Å². The summed E-state index contributed by atoms with van der Waals surface area (Å²) in [5, 5.41) is 2.94. The van der Waals surface area contributed by atoms with E-state index in [1.165, 1.54) is 32.4 Å². The van der Waals surface area contributed by atoms with Crippen LogP contribution in [0, 0.1) is 6.92 Å². The van der Waals surface area contributed by atoms with Crippen LogP contribution in [-0.4, -0.2) is 34.6 Å². The fourth-order valence-corrected chi connectivity index (χ4v) is 4.79. The van der Waals surface area contributed by atoms with Gasteiger partial charge >= 0.3 is 0 Å². The third-order valence-electron chi connectivity index (χ3n) is 4.94. The van der Waals surface area contributed by atoms with E-state index in [2.05, 4.69) is 10.0 Å². The topological polar surface area (TPSA) is 93.7 Å². The second kappa shape index (κ2) is 10.7. The Bertz CT molecular complexity index is 1230. The highest BCUT2D eigenvalue weighted by Gasteiger charge is 2.27. The second-order valence-electron chi connectivity index (χ2n) is 7.35. The molecule has 0 unspecified atom stereocenters. The molecule has 0 fully saturated rings. The summed E-state index contributed by atoms with van der Waals surface area (Å²) in [6.07, 6.45) is 0.143. The van der Waals surface area contributed by atoms with Crippen molar-refractivity contribution in [2.24, 2.45) is 0 Å². The Morgan fingerprint density at radius 3 is 2.27 bits per heavy atom. The second-order valence-corrected chi connectivity index (χ2v) is 9.47. The van der Waals surface area contributed by atoms with Gasteiger partial charge in [-0.25, -0.2) is 8.42 Å². The number of amides is 1. The number of carbonyl (C=O) groups is 1. The standard InChI is InChI=1S/C24H25ClN2O5S/c1-16-9-11-23(32-3)20(13-16)26-24(28)21(14-17-7-5-4-6-8-17)27-33(29,30)18-10-12-22(31-2)19(25)15-18/h4-13,15,21,27H,14H2,1-3H3,(H,26,28)/t21-/m0/s1. The van der Waals surface area contributed by atoms with Crippen molar-refractivity contribution >= 4 is 33.2 Å². The van der Waals surface area contributed by atoms with Crippen LogP contribution in [0.5, 0.6) is 11.5 Å². The maximum absolute atomic E-state index is 13.2. The van der Waals surface area contributed by atoms with E-state index in [1.54, 1.807) is 12.1 Å². The number of benzene rings is 3. The van der Waals surface area contributed by atoms with Gasteiger partial charge in [-0.1, -0.05) is 48.0 Å². The molecule has 3 aromatic rings. The van der Waals surface area contributed by atoms with Gasteiger partial charge in [0.15, 0.2) is 0 Å². The SMILES string of the molecule is COc1ccc(S(=O)(=O)N[C@@H](Cc2ccccc2)C(=O)Nc2cc(C)ccc2OC)cc1Cl. The van der Waals surface area contributed by atoms with E-state index in [9.17, 15) is 13.2 Å². The first kappa shape index (κ1) is 24.6. The zero-order valence-electron chi connectivity index (χ0n) is 18.5. The van der Waals surface area contributed by atoms with Crippen molar-refractivity contribution in [3.8, 4) is 11.5 Å². The Balaban J connectivity index is 1.92. The van der Waals surface area contributed by atoms with Gasteiger partial charge in [-0.2, -0.15) is 4.72 Å². The largest absolute Gasteiger partial charge is 0.495 e. The number of halogens is 1. The van der Waals surface area contributed by atoms with Crippen LogP contribution in [0.25, 0.3) is 0 Å². The summed E-state index contributed by atoms with van der Waals surface area (Å²) in [6, 6.07) is 17.5. The lowest BCUT2D eigenvalue weighted by atomic mass is 10.1. The fraction of sp³-hybridized carbons (Fsp3) is 0.208. The number of aryl methyl sites for hydroxylation is 1. The van der Waals surface area contributed by atoms with Crippen molar-refractivity contribution in [2.45, 2.75) is 24.3 Å². The molecule has 1 amide bonds. The van der Waals surface area contributed by atoms with Gasteiger partial charge in [-0.15, -0.1) is 0 Å². The van der Waals surface area contributed by atoms with Crippen molar-refractivity contribution in [1.29, 1.82) is 0 Å². The minimum Gasteiger partial charge on any atom is -0.495 e. The lowest BCUT2D eigenvalue weighted by Crippen LogP contribution is -2.45. The molecular formula is C24H25ClN2O5S. The van der Waals surface area contributed by atoms with Crippen LogP contribution in [-0.2, 0) is 21.2 Å². The molecule has 3 aromatic carbocycles. The third kappa shape index (κ3) is 6.25. The molecule has 33 heavy (non-hydrogen) atoms. The van der Waals surface area contributed by atoms with Crippen LogP contribution in [0.1, 0.15) is 11.1 Å². The molecule has 0 spiro atoms. The van der Waals surface area contributed by atoms with E-state index in [0.717, 1.165) is 11.1 Å². The van der Waals surface area contributed by atoms with Gasteiger partial charge in [0.25, 0.3) is 0 Å². The van der Waals surface area contributed by atoms with Crippen LogP contribution >= 0.6 is 11.6 Å². The Morgan fingerprint density at radius 2 is 1.64 bits per heavy atom. The molecule has 0 saturated carbocycles. The van der Waals surface area contributed by atoms with Gasteiger partial charge in [0.05, 0.1) is 29.8 Å². The first-order valence-corrected chi connectivity index (χ1v) is 11.9. The number of methoxy groups -OCH3 is 2. The molecule has 0 aliphatic heterocycles. The Kier molecular flexibility index (Phi) is 7.97. The molecule has 0 aliphatic rings. The van der Waals surface area contributed by atoms with Crippen molar-refractivity contribution in [3.63, 3.8) is 0 Å². The van der Waals surface area contributed by atoms with Crippen LogP contribution in [0.2, 0.25) is 5.02 Å². The Morgan fingerprint density at radius 1 is 0.970 bits per heavy atom. The first-order valence-electron chi connectivity index (χ1n) is 10.1. The van der Waals surface area contributed by atoms with Crippen LogP contribution in [0.4, 0.5) is 5.69 Å². The number of sulfonamides is 1. The van der Waals surface area contributed by atoms with Crippen LogP contribution in [0.3, 0.4) is 0 Å². The molecule has 3 rings (SSSR count). The molecule has 7 nitrogen and oxygen atoms in total. The van der Waals surface area contributed by atoms with Gasteiger partial charge in [0, 0.05) is 0 Å². The molecule has 174 valence electrons. The molecule has 2 N–H and O–H groups in total. The summed E-state index contributed by atoms with van der Waals surface area (Å²) < 4.78 is 39.1. The highest BCUT2D eigenvalue weighted by Crippen LogP contribution is 2.28.